The van der Waals surface area contributed by atoms with Gasteiger partial charge < -0.3 is 10.8 Å². The van der Waals surface area contributed by atoms with E-state index >= 15 is 0 Å². The zero-order chi connectivity index (χ0) is 12.3. The van der Waals surface area contributed by atoms with Crippen molar-refractivity contribution in [2.75, 3.05) is 6.54 Å². The second-order valence-corrected chi connectivity index (χ2v) is 4.77. The van der Waals surface area contributed by atoms with Crippen LogP contribution in [0, 0.1) is 10.1 Å². The van der Waals surface area contributed by atoms with Gasteiger partial charge in [-0.25, -0.2) is 0 Å². The van der Waals surface area contributed by atoms with Gasteiger partial charge in [-0.2, -0.15) is 0 Å². The molecule has 1 aromatic carbocycles. The van der Waals surface area contributed by atoms with Crippen LogP contribution in [0.1, 0.15) is 12.0 Å². The van der Waals surface area contributed by atoms with Crippen LogP contribution in [0.2, 0.25) is 0 Å². The maximum absolute atomic E-state index is 10.8. The Hall–Kier alpha value is -0.660. The summed E-state index contributed by atoms with van der Waals surface area (Å²) in [6.07, 6.45) is 1.17. The minimum Gasteiger partial charge on any atom is -0.506 e. The van der Waals surface area contributed by atoms with E-state index in [4.69, 9.17) is 5.73 Å². The molecule has 3 N–H and O–H groups in total. The molecule has 0 unspecified atom stereocenters. The molecule has 0 saturated heterocycles. The first kappa shape index (κ1) is 13.4. The van der Waals surface area contributed by atoms with Gasteiger partial charge in [0.2, 0.25) is 0 Å². The summed E-state index contributed by atoms with van der Waals surface area (Å²) in [6.45, 7) is 0.473. The Balaban J connectivity index is 3.24. The molecule has 0 amide bonds. The van der Waals surface area contributed by atoms with E-state index in [1.165, 1.54) is 6.07 Å². The summed E-state index contributed by atoms with van der Waals surface area (Å²) < 4.78 is 0.542. The largest absolute Gasteiger partial charge is 0.506 e. The molecule has 0 fully saturated rings. The van der Waals surface area contributed by atoms with Gasteiger partial charge in [0.25, 0.3) is 5.69 Å². The number of aryl methyl sites for hydroxylation is 1. The Morgan fingerprint density at radius 3 is 2.56 bits per heavy atom. The van der Waals surface area contributed by atoms with Crippen LogP contribution >= 0.6 is 31.9 Å². The molecule has 0 aliphatic rings. The minimum atomic E-state index is -0.500. The Kier molecular flexibility index (Phi) is 4.69. The fourth-order valence-corrected chi connectivity index (χ4v) is 2.17. The van der Waals surface area contributed by atoms with E-state index in [-0.39, 0.29) is 15.9 Å². The first-order chi connectivity index (χ1) is 7.49. The molecule has 7 heteroatoms. The van der Waals surface area contributed by atoms with Gasteiger partial charge in [0.05, 0.1) is 9.40 Å². The molecular formula is C9H10Br2N2O3. The van der Waals surface area contributed by atoms with Crippen molar-refractivity contribution >= 4 is 37.5 Å². The molecule has 0 aromatic heterocycles. The molecule has 1 aromatic rings. The van der Waals surface area contributed by atoms with Crippen LogP contribution in [0.5, 0.6) is 5.75 Å². The summed E-state index contributed by atoms with van der Waals surface area (Å²) in [5.41, 5.74) is 5.80. The number of nitro groups is 1. The summed E-state index contributed by atoms with van der Waals surface area (Å²) in [4.78, 5) is 10.3. The standard InChI is InChI=1S/C9H10Br2N2O3/c10-7-6(13(15)16)4-5(2-1-3-12)9(14)8(7)11/h4,14H,1-3,12H2. The lowest BCUT2D eigenvalue weighted by atomic mass is 10.1. The molecule has 0 spiro atoms. The number of nitro benzene ring substituents is 1. The number of aromatic hydroxyl groups is 1. The normalized spacial score (nSPS) is 10.4. The number of benzene rings is 1. The Morgan fingerprint density at radius 2 is 2.06 bits per heavy atom. The van der Waals surface area contributed by atoms with Crippen molar-refractivity contribution in [2.24, 2.45) is 5.73 Å². The highest BCUT2D eigenvalue weighted by Crippen LogP contribution is 2.41. The molecule has 0 aliphatic heterocycles. The van der Waals surface area contributed by atoms with Crippen molar-refractivity contribution in [3.63, 3.8) is 0 Å². The van der Waals surface area contributed by atoms with E-state index in [9.17, 15) is 15.2 Å². The van der Waals surface area contributed by atoms with Crippen molar-refractivity contribution in [3.05, 3.63) is 30.7 Å². The quantitative estimate of drug-likeness (QED) is 0.643. The first-order valence-corrected chi connectivity index (χ1v) is 6.12. The second kappa shape index (κ2) is 5.60. The lowest BCUT2D eigenvalue weighted by Crippen LogP contribution is -2.01. The van der Waals surface area contributed by atoms with Gasteiger partial charge in [0.1, 0.15) is 10.2 Å². The molecule has 1 rings (SSSR count). The van der Waals surface area contributed by atoms with E-state index in [1.54, 1.807) is 0 Å². The van der Waals surface area contributed by atoms with Crippen LogP contribution in [0.4, 0.5) is 5.69 Å². The van der Waals surface area contributed by atoms with Gasteiger partial charge >= 0.3 is 0 Å². The average molecular weight is 354 g/mol. The number of nitrogens with two attached hydrogens (primary N) is 1. The summed E-state index contributed by atoms with van der Waals surface area (Å²) in [6, 6.07) is 1.36. The smallest absolute Gasteiger partial charge is 0.285 e. The maximum atomic E-state index is 10.8. The minimum absolute atomic E-state index is 0.0194. The molecule has 88 valence electrons. The Morgan fingerprint density at radius 1 is 1.44 bits per heavy atom. The van der Waals surface area contributed by atoms with Crippen LogP contribution in [-0.4, -0.2) is 16.6 Å². The number of hydrogen-bond donors (Lipinski definition) is 2. The molecule has 0 radical (unpaired) electrons. The molecule has 0 saturated carbocycles. The number of phenols is 1. The lowest BCUT2D eigenvalue weighted by molar-refractivity contribution is -0.385. The van der Waals surface area contributed by atoms with Gasteiger partial charge in [0.15, 0.2) is 0 Å². The molecule has 5 nitrogen and oxygen atoms in total. The SMILES string of the molecule is NCCCc1cc([N+](=O)[O-])c(Br)c(Br)c1O. The number of phenolic OH excluding ortho intramolecular Hbond substituents is 1. The van der Waals surface area contributed by atoms with E-state index in [1.807, 2.05) is 0 Å². The summed E-state index contributed by atoms with van der Waals surface area (Å²) >= 11 is 6.17. The number of halogens is 2. The van der Waals surface area contributed by atoms with Gasteiger partial charge in [-0.05, 0) is 51.2 Å². The first-order valence-electron chi connectivity index (χ1n) is 4.53. The van der Waals surface area contributed by atoms with Gasteiger partial charge in [-0.3, -0.25) is 10.1 Å². The van der Waals surface area contributed by atoms with Crippen LogP contribution in [-0.2, 0) is 6.42 Å². The highest BCUT2D eigenvalue weighted by Gasteiger charge is 2.20. The molecule has 0 atom stereocenters. The predicted octanol–water partition coefficient (Wildman–Crippen LogP) is 2.72. The fourth-order valence-electron chi connectivity index (χ4n) is 1.27. The van der Waals surface area contributed by atoms with Crippen molar-refractivity contribution in [1.82, 2.24) is 0 Å². The molecule has 0 aliphatic carbocycles. The van der Waals surface area contributed by atoms with Gasteiger partial charge in [0, 0.05) is 11.6 Å². The molecule has 0 bridgehead atoms. The topological polar surface area (TPSA) is 89.4 Å². The fraction of sp³-hybridized carbons (Fsp3) is 0.333. The lowest BCUT2D eigenvalue weighted by Gasteiger charge is -2.08. The highest BCUT2D eigenvalue weighted by atomic mass is 79.9. The summed E-state index contributed by atoms with van der Waals surface area (Å²) in [5.74, 6) is 0.0194. The number of rotatable bonds is 4. The van der Waals surface area contributed by atoms with Gasteiger partial charge in [-0.15, -0.1) is 0 Å². The maximum Gasteiger partial charge on any atom is 0.285 e. The zero-order valence-corrected chi connectivity index (χ0v) is 11.4. The van der Waals surface area contributed by atoms with Crippen molar-refractivity contribution in [3.8, 4) is 5.75 Å². The molecular weight excluding hydrogens is 344 g/mol. The Bertz CT molecular complexity index is 424. The zero-order valence-electron chi connectivity index (χ0n) is 8.24. The number of hydrogen-bond acceptors (Lipinski definition) is 4. The van der Waals surface area contributed by atoms with Crippen molar-refractivity contribution < 1.29 is 10.0 Å². The van der Waals surface area contributed by atoms with Crippen molar-refractivity contribution in [1.29, 1.82) is 0 Å². The molecule has 16 heavy (non-hydrogen) atoms. The van der Waals surface area contributed by atoms with E-state index in [2.05, 4.69) is 31.9 Å². The highest BCUT2D eigenvalue weighted by molar-refractivity contribution is 9.13. The second-order valence-electron chi connectivity index (χ2n) is 3.18. The van der Waals surface area contributed by atoms with Gasteiger partial charge in [-0.1, -0.05) is 0 Å². The van der Waals surface area contributed by atoms with E-state index < -0.39 is 4.92 Å². The van der Waals surface area contributed by atoms with E-state index in [0.29, 0.717) is 29.4 Å². The monoisotopic (exact) mass is 352 g/mol. The average Bonchev–Trinajstić information content (AvgIpc) is 2.24. The third-order valence-corrected chi connectivity index (χ3v) is 4.19. The van der Waals surface area contributed by atoms with Crippen LogP contribution in [0.25, 0.3) is 0 Å². The van der Waals surface area contributed by atoms with Crippen molar-refractivity contribution in [2.45, 2.75) is 12.8 Å². The predicted molar refractivity (Wildman–Crippen MR) is 67.5 cm³/mol. The van der Waals surface area contributed by atoms with Crippen LogP contribution in [0.3, 0.4) is 0 Å². The summed E-state index contributed by atoms with van der Waals surface area (Å²) in [5, 5.41) is 20.5. The number of nitrogens with zero attached hydrogens (tertiary/aromatic N) is 1. The van der Waals surface area contributed by atoms with Crippen LogP contribution in [0.15, 0.2) is 15.0 Å². The molecule has 0 heterocycles. The Labute approximate surface area is 109 Å². The van der Waals surface area contributed by atoms with E-state index in [0.717, 1.165) is 0 Å². The summed E-state index contributed by atoms with van der Waals surface area (Å²) in [7, 11) is 0. The van der Waals surface area contributed by atoms with Crippen LogP contribution < -0.4 is 5.73 Å². The third-order valence-electron chi connectivity index (χ3n) is 2.09. The third kappa shape index (κ3) is 2.72.